The number of rotatable bonds is 6. The van der Waals surface area contributed by atoms with Crippen LogP contribution in [0, 0.1) is 0 Å². The van der Waals surface area contributed by atoms with Gasteiger partial charge in [0.2, 0.25) is 0 Å². The van der Waals surface area contributed by atoms with Gasteiger partial charge in [0.1, 0.15) is 11.6 Å². The summed E-state index contributed by atoms with van der Waals surface area (Å²) in [5, 5.41) is 5.81. The third-order valence-electron chi connectivity index (χ3n) is 5.96. The molecule has 4 rings (SSSR count). The van der Waals surface area contributed by atoms with E-state index < -0.39 is 17.8 Å². The number of anilines is 3. The van der Waals surface area contributed by atoms with Gasteiger partial charge in [-0.15, -0.1) is 0 Å². The van der Waals surface area contributed by atoms with E-state index in [1.807, 2.05) is 6.07 Å². The molecule has 1 aliphatic heterocycles. The van der Waals surface area contributed by atoms with Crippen LogP contribution in [0.4, 0.5) is 17.3 Å². The number of hydrogen-bond acceptors (Lipinski definition) is 8. The van der Waals surface area contributed by atoms with E-state index in [-0.39, 0.29) is 22.6 Å². The molecule has 2 N–H and O–H groups in total. The third kappa shape index (κ3) is 6.60. The van der Waals surface area contributed by atoms with Crippen molar-refractivity contribution in [1.29, 1.82) is 0 Å². The Kier molecular flexibility index (Phi) is 8.32. The summed E-state index contributed by atoms with van der Waals surface area (Å²) in [7, 11) is 3.35. The molecule has 1 aliphatic rings. The fourth-order valence-electron chi connectivity index (χ4n) is 3.90. The molecule has 3 aromatic rings. The van der Waals surface area contributed by atoms with Crippen LogP contribution in [0.5, 0.6) is 0 Å². The number of nitrogens with one attached hydrogen (secondary N) is 2. The Balaban J connectivity index is 1.54. The normalized spacial score (nSPS) is 14.0. The van der Waals surface area contributed by atoms with E-state index in [1.54, 1.807) is 18.2 Å². The molecule has 0 radical (unpaired) electrons. The molecule has 11 heteroatoms. The maximum atomic E-state index is 13.1. The van der Waals surface area contributed by atoms with Gasteiger partial charge in [0.15, 0.2) is 0 Å². The number of halogens is 1. The number of ether oxygens (including phenoxy) is 1. The summed E-state index contributed by atoms with van der Waals surface area (Å²) in [6.07, 6.45) is 3.94. The second-order valence-electron chi connectivity index (χ2n) is 8.57. The van der Waals surface area contributed by atoms with E-state index in [0.717, 1.165) is 38.4 Å². The van der Waals surface area contributed by atoms with Crippen LogP contribution in [0.2, 0.25) is 5.02 Å². The molecule has 2 amide bonds. The highest BCUT2D eigenvalue weighted by Crippen LogP contribution is 2.22. The van der Waals surface area contributed by atoms with E-state index in [2.05, 4.69) is 37.4 Å². The molecule has 0 saturated carbocycles. The second kappa shape index (κ2) is 11.8. The quantitative estimate of drug-likeness (QED) is 0.472. The highest BCUT2D eigenvalue weighted by Gasteiger charge is 2.19. The predicted molar refractivity (Wildman–Crippen MR) is 141 cm³/mol. The maximum Gasteiger partial charge on any atom is 0.337 e. The van der Waals surface area contributed by atoms with Crippen molar-refractivity contribution in [2.24, 2.45) is 0 Å². The SMILES string of the molecule is COC(=O)c1ccc(C(=O)Nc2ccc(Cl)cn2)c(NC(=O)c2ccc(N3CCCN(C)CC3)nc2)c1. The van der Waals surface area contributed by atoms with Crippen molar-refractivity contribution in [2.75, 3.05) is 55.9 Å². The molecule has 0 unspecified atom stereocenters. The number of nitrogens with zero attached hydrogens (tertiary/aromatic N) is 4. The molecule has 1 fully saturated rings. The van der Waals surface area contributed by atoms with Crippen molar-refractivity contribution in [1.82, 2.24) is 14.9 Å². The Labute approximate surface area is 219 Å². The molecule has 0 atom stereocenters. The van der Waals surface area contributed by atoms with Gasteiger partial charge in [-0.05, 0) is 62.5 Å². The summed E-state index contributed by atoms with van der Waals surface area (Å²) in [6, 6.07) is 10.9. The summed E-state index contributed by atoms with van der Waals surface area (Å²) in [6.45, 7) is 3.73. The van der Waals surface area contributed by atoms with Gasteiger partial charge < -0.3 is 25.2 Å². The highest BCUT2D eigenvalue weighted by atomic mass is 35.5. The Hall–Kier alpha value is -4.02. The number of pyridine rings is 2. The zero-order valence-electron chi connectivity index (χ0n) is 20.5. The molecular formula is C26H27ClN6O4. The van der Waals surface area contributed by atoms with Gasteiger partial charge in [0, 0.05) is 32.0 Å². The topological polar surface area (TPSA) is 117 Å². The van der Waals surface area contributed by atoms with Crippen molar-refractivity contribution in [3.05, 3.63) is 76.6 Å². The number of carbonyl (C=O) groups excluding carboxylic acids is 3. The number of aromatic nitrogens is 2. The van der Waals surface area contributed by atoms with E-state index >= 15 is 0 Å². The molecule has 0 spiro atoms. The molecule has 10 nitrogen and oxygen atoms in total. The molecular weight excluding hydrogens is 496 g/mol. The van der Waals surface area contributed by atoms with Gasteiger partial charge in [-0.25, -0.2) is 14.8 Å². The lowest BCUT2D eigenvalue weighted by Crippen LogP contribution is -2.29. The summed E-state index contributed by atoms with van der Waals surface area (Å²) >= 11 is 5.86. The van der Waals surface area contributed by atoms with Crippen LogP contribution in [-0.4, -0.2) is 73.0 Å². The number of amides is 2. The van der Waals surface area contributed by atoms with Crippen molar-refractivity contribution in [3.63, 3.8) is 0 Å². The fourth-order valence-corrected chi connectivity index (χ4v) is 4.01. The number of methoxy groups -OCH3 is 1. The molecule has 2 aromatic heterocycles. The highest BCUT2D eigenvalue weighted by molar-refractivity contribution is 6.30. The van der Waals surface area contributed by atoms with E-state index in [9.17, 15) is 14.4 Å². The van der Waals surface area contributed by atoms with Gasteiger partial charge in [-0.3, -0.25) is 9.59 Å². The van der Waals surface area contributed by atoms with Crippen LogP contribution < -0.4 is 15.5 Å². The number of esters is 1. The average molecular weight is 523 g/mol. The largest absolute Gasteiger partial charge is 0.465 e. The first-order valence-electron chi connectivity index (χ1n) is 11.7. The van der Waals surface area contributed by atoms with Crippen LogP contribution in [0.3, 0.4) is 0 Å². The van der Waals surface area contributed by atoms with Crippen molar-refractivity contribution >= 4 is 46.7 Å². The number of carbonyl (C=O) groups is 3. The number of likely N-dealkylation sites (N-methyl/N-ethyl adjacent to an activating group) is 1. The smallest absolute Gasteiger partial charge is 0.337 e. The lowest BCUT2D eigenvalue weighted by Gasteiger charge is -2.21. The average Bonchev–Trinajstić information content (AvgIpc) is 3.13. The standard InChI is InChI=1S/C26H27ClN6O4/c1-32-10-3-11-33(13-12-32)23-9-5-18(15-29-23)24(34)30-21-14-17(26(36)37-2)4-7-20(21)25(35)31-22-8-6-19(27)16-28-22/h4-9,14-16H,3,10-13H2,1-2H3,(H,30,34)(H,28,31,35). The Morgan fingerprint density at radius 1 is 0.892 bits per heavy atom. The van der Waals surface area contributed by atoms with Crippen molar-refractivity contribution < 1.29 is 19.1 Å². The summed E-state index contributed by atoms with van der Waals surface area (Å²) < 4.78 is 4.78. The van der Waals surface area contributed by atoms with Crippen LogP contribution >= 0.6 is 11.6 Å². The van der Waals surface area contributed by atoms with Crippen LogP contribution in [0.1, 0.15) is 37.5 Å². The molecule has 1 saturated heterocycles. The minimum atomic E-state index is -0.601. The molecule has 0 bridgehead atoms. The Bertz CT molecular complexity index is 1280. The number of benzene rings is 1. The van der Waals surface area contributed by atoms with Gasteiger partial charge in [-0.1, -0.05) is 11.6 Å². The maximum absolute atomic E-state index is 13.1. The van der Waals surface area contributed by atoms with Gasteiger partial charge in [0.25, 0.3) is 11.8 Å². The third-order valence-corrected chi connectivity index (χ3v) is 6.18. The first-order valence-corrected chi connectivity index (χ1v) is 12.1. The second-order valence-corrected chi connectivity index (χ2v) is 9.01. The Morgan fingerprint density at radius 2 is 1.70 bits per heavy atom. The molecule has 192 valence electrons. The monoisotopic (exact) mass is 522 g/mol. The summed E-state index contributed by atoms with van der Waals surface area (Å²) in [4.78, 5) is 51.2. The summed E-state index contributed by atoms with van der Waals surface area (Å²) in [5.74, 6) is -0.522. The fraction of sp³-hybridized carbons (Fsp3) is 0.269. The zero-order valence-corrected chi connectivity index (χ0v) is 21.3. The van der Waals surface area contributed by atoms with E-state index in [4.69, 9.17) is 16.3 Å². The molecule has 3 heterocycles. The predicted octanol–water partition coefficient (Wildman–Crippen LogP) is 3.56. The minimum absolute atomic E-state index is 0.135. The first kappa shape index (κ1) is 26.1. The first-order chi connectivity index (χ1) is 17.8. The van der Waals surface area contributed by atoms with Gasteiger partial charge in [0.05, 0.1) is 34.5 Å². The molecule has 1 aromatic carbocycles. The van der Waals surface area contributed by atoms with Crippen LogP contribution in [-0.2, 0) is 4.74 Å². The van der Waals surface area contributed by atoms with Crippen molar-refractivity contribution in [3.8, 4) is 0 Å². The van der Waals surface area contributed by atoms with Crippen molar-refractivity contribution in [2.45, 2.75) is 6.42 Å². The molecule has 0 aliphatic carbocycles. The van der Waals surface area contributed by atoms with Gasteiger partial charge in [-0.2, -0.15) is 0 Å². The van der Waals surface area contributed by atoms with Crippen LogP contribution in [0.25, 0.3) is 0 Å². The Morgan fingerprint density at radius 3 is 2.41 bits per heavy atom. The molecule has 37 heavy (non-hydrogen) atoms. The lowest BCUT2D eigenvalue weighted by molar-refractivity contribution is 0.0600. The lowest BCUT2D eigenvalue weighted by atomic mass is 10.1. The van der Waals surface area contributed by atoms with E-state index in [1.165, 1.54) is 37.7 Å². The van der Waals surface area contributed by atoms with Crippen LogP contribution in [0.15, 0.2) is 54.9 Å². The zero-order chi connectivity index (χ0) is 26.4. The minimum Gasteiger partial charge on any atom is -0.465 e. The summed E-state index contributed by atoms with van der Waals surface area (Å²) in [5.41, 5.74) is 0.762. The van der Waals surface area contributed by atoms with Gasteiger partial charge >= 0.3 is 5.97 Å². The number of hydrogen-bond donors (Lipinski definition) is 2. The van der Waals surface area contributed by atoms with E-state index in [0.29, 0.717) is 10.6 Å².